The number of hydrogen-bond donors (Lipinski definition) is 1. The van der Waals surface area contributed by atoms with Crippen molar-refractivity contribution in [1.29, 1.82) is 0 Å². The topological polar surface area (TPSA) is 53.1 Å². The summed E-state index contributed by atoms with van der Waals surface area (Å²) in [7, 11) is 1.62. The van der Waals surface area contributed by atoms with E-state index in [-0.39, 0.29) is 12.1 Å². The van der Waals surface area contributed by atoms with Gasteiger partial charge in [-0.25, -0.2) is 0 Å². The van der Waals surface area contributed by atoms with Crippen molar-refractivity contribution in [3.63, 3.8) is 0 Å². The molecule has 0 aliphatic heterocycles. The number of nitrogens with two attached hydrogens (primary N) is 1. The molecule has 0 aliphatic rings. The molecule has 1 aromatic carbocycles. The second kappa shape index (κ2) is 6.16. The molecule has 0 aliphatic carbocycles. The van der Waals surface area contributed by atoms with Gasteiger partial charge in [0.25, 0.3) is 0 Å². The van der Waals surface area contributed by atoms with Crippen LogP contribution in [-0.2, 0) is 0 Å². The van der Waals surface area contributed by atoms with Gasteiger partial charge in [-0.15, -0.1) is 0 Å². The molecule has 1 heterocycles. The first-order valence-electron chi connectivity index (χ1n) is 6.27. The van der Waals surface area contributed by atoms with Crippen molar-refractivity contribution in [3.05, 3.63) is 45.1 Å². The van der Waals surface area contributed by atoms with Gasteiger partial charge in [0.15, 0.2) is 5.75 Å². The molecule has 6 heteroatoms. The minimum absolute atomic E-state index is 0.200. The number of rotatable bonds is 4. The molecular formula is C14H17BrClN3O. The number of aromatic nitrogens is 2. The SMILES string of the molecule is COc1cnn(C(C)C)c1C(N)c1ccc(Br)c(Cl)c1. The average Bonchev–Trinajstić information content (AvgIpc) is 2.85. The highest BCUT2D eigenvalue weighted by molar-refractivity contribution is 9.10. The predicted octanol–water partition coefficient (Wildman–Crippen LogP) is 3.94. The van der Waals surface area contributed by atoms with E-state index >= 15 is 0 Å². The first-order valence-corrected chi connectivity index (χ1v) is 7.44. The molecule has 0 fully saturated rings. The van der Waals surface area contributed by atoms with Crippen LogP contribution in [0.4, 0.5) is 0 Å². The van der Waals surface area contributed by atoms with E-state index in [4.69, 9.17) is 22.1 Å². The van der Waals surface area contributed by atoms with Crippen molar-refractivity contribution in [2.75, 3.05) is 7.11 Å². The lowest BCUT2D eigenvalue weighted by atomic mass is 10.0. The summed E-state index contributed by atoms with van der Waals surface area (Å²) in [5.41, 5.74) is 8.14. The van der Waals surface area contributed by atoms with Crippen LogP contribution in [0.3, 0.4) is 0 Å². The highest BCUT2D eigenvalue weighted by atomic mass is 79.9. The predicted molar refractivity (Wildman–Crippen MR) is 84.3 cm³/mol. The molecule has 0 amide bonds. The highest BCUT2D eigenvalue weighted by Gasteiger charge is 2.22. The smallest absolute Gasteiger partial charge is 0.161 e. The Morgan fingerprint density at radius 3 is 2.65 bits per heavy atom. The number of methoxy groups -OCH3 is 1. The second-order valence-corrected chi connectivity index (χ2v) is 6.05. The van der Waals surface area contributed by atoms with Gasteiger partial charge < -0.3 is 10.5 Å². The van der Waals surface area contributed by atoms with Gasteiger partial charge in [-0.3, -0.25) is 4.68 Å². The summed E-state index contributed by atoms with van der Waals surface area (Å²) in [5.74, 6) is 0.685. The summed E-state index contributed by atoms with van der Waals surface area (Å²) in [4.78, 5) is 0. The number of benzene rings is 1. The van der Waals surface area contributed by atoms with Crippen molar-refractivity contribution < 1.29 is 4.74 Å². The van der Waals surface area contributed by atoms with Crippen molar-refractivity contribution in [3.8, 4) is 5.75 Å². The molecule has 0 saturated carbocycles. The lowest BCUT2D eigenvalue weighted by Gasteiger charge is -2.18. The maximum atomic E-state index is 6.38. The van der Waals surface area contributed by atoms with E-state index in [1.165, 1.54) is 0 Å². The summed E-state index contributed by atoms with van der Waals surface area (Å²) in [5, 5.41) is 4.97. The second-order valence-electron chi connectivity index (χ2n) is 4.79. The van der Waals surface area contributed by atoms with Crippen LogP contribution in [0, 0.1) is 0 Å². The van der Waals surface area contributed by atoms with Crippen LogP contribution in [0.15, 0.2) is 28.9 Å². The standard InChI is InChI=1S/C14H17BrClN3O/c1-8(2)19-14(12(20-3)7-18-19)13(17)9-4-5-10(15)11(16)6-9/h4-8,13H,17H2,1-3H3. The zero-order valence-electron chi connectivity index (χ0n) is 11.6. The summed E-state index contributed by atoms with van der Waals surface area (Å²) < 4.78 is 8.09. The van der Waals surface area contributed by atoms with E-state index in [2.05, 4.69) is 34.9 Å². The van der Waals surface area contributed by atoms with Gasteiger partial charge >= 0.3 is 0 Å². The molecular weight excluding hydrogens is 342 g/mol. The lowest BCUT2D eigenvalue weighted by Crippen LogP contribution is -2.19. The fourth-order valence-corrected chi connectivity index (χ4v) is 2.52. The Bertz CT molecular complexity index is 612. The third-order valence-corrected chi connectivity index (χ3v) is 4.34. The van der Waals surface area contributed by atoms with Gasteiger partial charge in [0.2, 0.25) is 0 Å². The number of ether oxygens (including phenoxy) is 1. The van der Waals surface area contributed by atoms with Crippen LogP contribution in [0.5, 0.6) is 5.75 Å². The highest BCUT2D eigenvalue weighted by Crippen LogP contribution is 2.33. The molecule has 108 valence electrons. The Hall–Kier alpha value is -1.04. The Kier molecular flexibility index (Phi) is 4.73. The van der Waals surface area contributed by atoms with Gasteiger partial charge in [0, 0.05) is 10.5 Å². The molecule has 2 N–H and O–H groups in total. The largest absolute Gasteiger partial charge is 0.493 e. The minimum atomic E-state index is -0.347. The zero-order chi connectivity index (χ0) is 14.9. The Balaban J connectivity index is 2.49. The van der Waals surface area contributed by atoms with Gasteiger partial charge in [-0.1, -0.05) is 17.7 Å². The molecule has 1 atom stereocenters. The fraction of sp³-hybridized carbons (Fsp3) is 0.357. The van der Waals surface area contributed by atoms with E-state index in [0.717, 1.165) is 15.7 Å². The summed E-state index contributed by atoms with van der Waals surface area (Å²) in [6.07, 6.45) is 1.69. The molecule has 0 radical (unpaired) electrons. The van der Waals surface area contributed by atoms with Crippen LogP contribution in [0.1, 0.15) is 37.2 Å². The average molecular weight is 359 g/mol. The van der Waals surface area contributed by atoms with Crippen LogP contribution in [0.2, 0.25) is 5.02 Å². The van der Waals surface area contributed by atoms with Gasteiger partial charge in [0.1, 0.15) is 5.69 Å². The molecule has 0 bridgehead atoms. The van der Waals surface area contributed by atoms with E-state index in [0.29, 0.717) is 10.8 Å². The number of halogens is 2. The molecule has 1 aromatic heterocycles. The Morgan fingerprint density at radius 1 is 1.40 bits per heavy atom. The van der Waals surface area contributed by atoms with Crippen molar-refractivity contribution in [2.45, 2.75) is 25.9 Å². The van der Waals surface area contributed by atoms with Crippen LogP contribution in [-0.4, -0.2) is 16.9 Å². The molecule has 0 spiro atoms. The number of hydrogen-bond acceptors (Lipinski definition) is 3. The molecule has 4 nitrogen and oxygen atoms in total. The zero-order valence-corrected chi connectivity index (χ0v) is 13.9. The van der Waals surface area contributed by atoms with Gasteiger partial charge in [-0.2, -0.15) is 5.10 Å². The molecule has 0 saturated heterocycles. The fourth-order valence-electron chi connectivity index (χ4n) is 2.08. The van der Waals surface area contributed by atoms with Crippen molar-refractivity contribution in [2.24, 2.45) is 5.73 Å². The van der Waals surface area contributed by atoms with Crippen LogP contribution < -0.4 is 10.5 Å². The molecule has 2 aromatic rings. The van der Waals surface area contributed by atoms with Crippen molar-refractivity contribution in [1.82, 2.24) is 9.78 Å². The van der Waals surface area contributed by atoms with Crippen LogP contribution >= 0.6 is 27.5 Å². The summed E-state index contributed by atoms with van der Waals surface area (Å²) >= 11 is 9.52. The van der Waals surface area contributed by atoms with Gasteiger partial charge in [0.05, 0.1) is 24.4 Å². The Morgan fingerprint density at radius 2 is 2.10 bits per heavy atom. The molecule has 1 unspecified atom stereocenters. The normalized spacial score (nSPS) is 12.8. The molecule has 20 heavy (non-hydrogen) atoms. The maximum absolute atomic E-state index is 6.38. The first kappa shape index (κ1) is 15.4. The van der Waals surface area contributed by atoms with Crippen LogP contribution in [0.25, 0.3) is 0 Å². The third-order valence-electron chi connectivity index (χ3n) is 3.11. The summed E-state index contributed by atoms with van der Waals surface area (Å²) in [6, 6.07) is 5.54. The lowest BCUT2D eigenvalue weighted by molar-refractivity contribution is 0.401. The third kappa shape index (κ3) is 2.85. The van der Waals surface area contributed by atoms with E-state index in [1.54, 1.807) is 13.3 Å². The van der Waals surface area contributed by atoms with Gasteiger partial charge in [-0.05, 0) is 47.5 Å². The minimum Gasteiger partial charge on any atom is -0.493 e. The monoisotopic (exact) mass is 357 g/mol. The Labute approximate surface area is 132 Å². The molecule has 2 rings (SSSR count). The van der Waals surface area contributed by atoms with E-state index in [1.807, 2.05) is 22.9 Å². The quantitative estimate of drug-likeness (QED) is 0.900. The van der Waals surface area contributed by atoms with Crippen molar-refractivity contribution >= 4 is 27.5 Å². The van der Waals surface area contributed by atoms with E-state index in [9.17, 15) is 0 Å². The maximum Gasteiger partial charge on any atom is 0.161 e. The van der Waals surface area contributed by atoms with E-state index < -0.39 is 0 Å². The number of nitrogens with zero attached hydrogens (tertiary/aromatic N) is 2. The first-order chi connectivity index (χ1) is 9.45. The summed E-state index contributed by atoms with van der Waals surface area (Å²) in [6.45, 7) is 4.11.